The molecule has 6 nitrogen and oxygen atoms in total. The highest BCUT2D eigenvalue weighted by Gasteiger charge is 2.30. The standard InChI is InChI=1S/C28H23F4N3O3S/c29-21-10-8-19(14-23(21)33-25(36)13-16-4-3-7-18(12-16)28(30,31)32)38-20-9-11-22-24(15-20)39-27(34-22)35-26(37)17-5-1-2-6-17/h3-4,7-12,14-15,17H,1-2,5-6,13H2,(H,33,36)(H,34,35,37). The number of rotatable bonds is 7. The molecule has 0 saturated heterocycles. The molecule has 0 spiro atoms. The van der Waals surface area contributed by atoms with Crippen molar-refractivity contribution in [3.8, 4) is 11.5 Å². The lowest BCUT2D eigenvalue weighted by Crippen LogP contribution is -2.19. The van der Waals surface area contributed by atoms with Gasteiger partial charge in [0.2, 0.25) is 11.8 Å². The fraction of sp³-hybridized carbons (Fsp3) is 0.250. The zero-order valence-corrected chi connectivity index (χ0v) is 21.3. The van der Waals surface area contributed by atoms with Gasteiger partial charge in [-0.1, -0.05) is 42.4 Å². The van der Waals surface area contributed by atoms with E-state index in [2.05, 4.69) is 15.6 Å². The van der Waals surface area contributed by atoms with Crippen LogP contribution in [-0.4, -0.2) is 16.8 Å². The molecule has 1 saturated carbocycles. The van der Waals surface area contributed by atoms with Crippen LogP contribution in [0.5, 0.6) is 11.5 Å². The van der Waals surface area contributed by atoms with Crippen LogP contribution in [0.3, 0.4) is 0 Å². The van der Waals surface area contributed by atoms with Crippen molar-refractivity contribution in [2.24, 2.45) is 5.92 Å². The van der Waals surface area contributed by atoms with Gasteiger partial charge in [0.05, 0.1) is 27.9 Å². The molecule has 3 aromatic carbocycles. The molecule has 2 amide bonds. The van der Waals surface area contributed by atoms with Gasteiger partial charge in [0.1, 0.15) is 17.3 Å². The van der Waals surface area contributed by atoms with E-state index in [9.17, 15) is 27.2 Å². The van der Waals surface area contributed by atoms with Crippen molar-refractivity contribution < 1.29 is 31.9 Å². The van der Waals surface area contributed by atoms with Crippen molar-refractivity contribution in [2.45, 2.75) is 38.3 Å². The first-order chi connectivity index (χ1) is 18.6. The first-order valence-electron chi connectivity index (χ1n) is 12.3. The minimum atomic E-state index is -4.53. The van der Waals surface area contributed by atoms with Gasteiger partial charge in [-0.15, -0.1) is 0 Å². The van der Waals surface area contributed by atoms with Crippen molar-refractivity contribution in [3.05, 3.63) is 77.6 Å². The summed E-state index contributed by atoms with van der Waals surface area (Å²) in [5.74, 6) is -0.716. The molecule has 5 rings (SSSR count). The number of amides is 2. The van der Waals surface area contributed by atoms with Crippen molar-refractivity contribution in [1.82, 2.24) is 4.98 Å². The number of hydrogen-bond donors (Lipinski definition) is 2. The zero-order chi connectivity index (χ0) is 27.6. The first kappa shape index (κ1) is 26.6. The third-order valence-corrected chi connectivity index (χ3v) is 7.32. The number of ether oxygens (including phenoxy) is 1. The largest absolute Gasteiger partial charge is 0.457 e. The van der Waals surface area contributed by atoms with E-state index in [1.165, 1.54) is 35.6 Å². The lowest BCUT2D eigenvalue weighted by Gasteiger charge is -2.11. The molecule has 4 aromatic rings. The van der Waals surface area contributed by atoms with Crippen molar-refractivity contribution in [3.63, 3.8) is 0 Å². The molecule has 1 heterocycles. The topological polar surface area (TPSA) is 80.3 Å². The number of benzene rings is 3. The first-order valence-corrected chi connectivity index (χ1v) is 13.1. The number of halogens is 4. The third kappa shape index (κ3) is 6.54. The summed E-state index contributed by atoms with van der Waals surface area (Å²) in [5, 5.41) is 5.79. The van der Waals surface area contributed by atoms with Crippen LogP contribution < -0.4 is 15.4 Å². The molecule has 1 aliphatic carbocycles. The molecule has 0 bridgehead atoms. The smallest absolute Gasteiger partial charge is 0.416 e. The number of fused-ring (bicyclic) bond motifs is 1. The number of carbonyl (C=O) groups is 2. The Bertz CT molecular complexity index is 1530. The highest BCUT2D eigenvalue weighted by Crippen LogP contribution is 2.34. The van der Waals surface area contributed by atoms with Crippen molar-refractivity contribution in [1.29, 1.82) is 0 Å². The maximum absolute atomic E-state index is 14.4. The fourth-order valence-electron chi connectivity index (χ4n) is 4.45. The average molecular weight is 558 g/mol. The van der Waals surface area contributed by atoms with E-state index in [1.54, 1.807) is 18.2 Å². The minimum Gasteiger partial charge on any atom is -0.457 e. The SMILES string of the molecule is O=C(Cc1cccc(C(F)(F)F)c1)Nc1cc(Oc2ccc3nc(NC(=O)C4CCCC4)sc3c2)ccc1F. The van der Waals surface area contributed by atoms with Crippen LogP contribution in [0.15, 0.2) is 60.7 Å². The van der Waals surface area contributed by atoms with E-state index in [4.69, 9.17) is 4.74 Å². The van der Waals surface area contributed by atoms with E-state index in [0.717, 1.165) is 48.6 Å². The maximum atomic E-state index is 14.4. The van der Waals surface area contributed by atoms with Crippen LogP contribution in [0, 0.1) is 11.7 Å². The number of aromatic nitrogens is 1. The van der Waals surface area contributed by atoms with Crippen LogP contribution in [0.2, 0.25) is 0 Å². The summed E-state index contributed by atoms with van der Waals surface area (Å²) in [7, 11) is 0. The minimum absolute atomic E-state index is 0.0167. The van der Waals surface area contributed by atoms with Gasteiger partial charge in [0, 0.05) is 18.1 Å². The van der Waals surface area contributed by atoms with E-state index < -0.39 is 23.5 Å². The Morgan fingerprint density at radius 3 is 2.49 bits per heavy atom. The Morgan fingerprint density at radius 2 is 1.72 bits per heavy atom. The number of anilines is 2. The summed E-state index contributed by atoms with van der Waals surface area (Å²) in [4.78, 5) is 29.3. The van der Waals surface area contributed by atoms with Crippen LogP contribution in [0.25, 0.3) is 10.2 Å². The van der Waals surface area contributed by atoms with Gasteiger partial charge in [0.25, 0.3) is 0 Å². The van der Waals surface area contributed by atoms with Gasteiger partial charge in [-0.05, 0) is 48.7 Å². The van der Waals surface area contributed by atoms with Crippen molar-refractivity contribution >= 4 is 44.2 Å². The highest BCUT2D eigenvalue weighted by atomic mass is 32.1. The average Bonchev–Trinajstić information content (AvgIpc) is 3.55. The van der Waals surface area contributed by atoms with Crippen molar-refractivity contribution in [2.75, 3.05) is 10.6 Å². The normalized spacial score (nSPS) is 13.9. The van der Waals surface area contributed by atoms with E-state index in [-0.39, 0.29) is 35.2 Å². The molecule has 0 unspecified atom stereocenters. The summed E-state index contributed by atoms with van der Waals surface area (Å²) in [6.45, 7) is 0. The molecule has 0 atom stereocenters. The molecular weight excluding hydrogens is 534 g/mol. The molecule has 11 heteroatoms. The molecule has 1 aromatic heterocycles. The van der Waals surface area contributed by atoms with Crippen LogP contribution >= 0.6 is 11.3 Å². The number of hydrogen-bond acceptors (Lipinski definition) is 5. The number of thiazole rings is 1. The molecule has 1 aliphatic rings. The summed E-state index contributed by atoms with van der Waals surface area (Å²) in [6.07, 6.45) is -1.000. The second-order valence-corrected chi connectivity index (χ2v) is 10.3. The molecule has 1 fully saturated rings. The molecule has 39 heavy (non-hydrogen) atoms. The number of nitrogens with zero attached hydrogens (tertiary/aromatic N) is 1. The van der Waals surface area contributed by atoms with Gasteiger partial charge in [-0.25, -0.2) is 9.37 Å². The quantitative estimate of drug-likeness (QED) is 0.230. The number of carbonyl (C=O) groups excluding carboxylic acids is 2. The third-order valence-electron chi connectivity index (χ3n) is 6.38. The highest BCUT2D eigenvalue weighted by molar-refractivity contribution is 7.22. The van der Waals surface area contributed by atoms with E-state index in [1.807, 2.05) is 0 Å². The Hall–Kier alpha value is -3.99. The monoisotopic (exact) mass is 557 g/mol. The lowest BCUT2D eigenvalue weighted by molar-refractivity contribution is -0.137. The maximum Gasteiger partial charge on any atom is 0.416 e. The van der Waals surface area contributed by atoms with Gasteiger partial charge < -0.3 is 15.4 Å². The Labute approximate surface area is 225 Å². The van der Waals surface area contributed by atoms with Crippen LogP contribution in [-0.2, 0) is 22.2 Å². The molecule has 0 radical (unpaired) electrons. The van der Waals surface area contributed by atoms with Gasteiger partial charge in [0.15, 0.2) is 5.13 Å². The number of nitrogens with one attached hydrogen (secondary N) is 2. The summed E-state index contributed by atoms with van der Waals surface area (Å²) in [6, 6.07) is 13.4. The number of alkyl halides is 3. The predicted molar refractivity (Wildman–Crippen MR) is 140 cm³/mol. The fourth-order valence-corrected chi connectivity index (χ4v) is 5.35. The molecular formula is C28H23F4N3O3S. The lowest BCUT2D eigenvalue weighted by atomic mass is 10.1. The van der Waals surface area contributed by atoms with E-state index >= 15 is 0 Å². The summed E-state index contributed by atoms with van der Waals surface area (Å²) < 4.78 is 59.9. The van der Waals surface area contributed by atoms with Gasteiger partial charge in [-0.3, -0.25) is 9.59 Å². The second-order valence-electron chi connectivity index (χ2n) is 9.29. The van der Waals surface area contributed by atoms with Crippen LogP contribution in [0.1, 0.15) is 36.8 Å². The van der Waals surface area contributed by atoms with Crippen LogP contribution in [0.4, 0.5) is 28.4 Å². The molecule has 0 aliphatic heterocycles. The zero-order valence-electron chi connectivity index (χ0n) is 20.5. The molecule has 202 valence electrons. The summed E-state index contributed by atoms with van der Waals surface area (Å²) in [5.41, 5.74) is -0.196. The second kappa shape index (κ2) is 11.0. The van der Waals surface area contributed by atoms with Gasteiger partial charge in [-0.2, -0.15) is 13.2 Å². The predicted octanol–water partition coefficient (Wildman–Crippen LogP) is 7.56. The van der Waals surface area contributed by atoms with Gasteiger partial charge >= 0.3 is 6.18 Å². The summed E-state index contributed by atoms with van der Waals surface area (Å²) >= 11 is 1.32. The Kier molecular flexibility index (Phi) is 7.51. The Morgan fingerprint density at radius 1 is 0.974 bits per heavy atom. The Balaban J connectivity index is 1.25. The molecule has 2 N–H and O–H groups in total. The van der Waals surface area contributed by atoms with E-state index in [0.29, 0.717) is 16.4 Å².